The average molecular weight is 428 g/mol. The molecule has 0 saturated carbocycles. The minimum absolute atomic E-state index is 0.0863. The summed E-state index contributed by atoms with van der Waals surface area (Å²) in [4.78, 5) is 17.5. The van der Waals surface area contributed by atoms with Crippen molar-refractivity contribution in [3.8, 4) is 0 Å². The highest BCUT2D eigenvalue weighted by atomic mass is 32.2. The van der Waals surface area contributed by atoms with E-state index in [0.717, 1.165) is 4.90 Å². The fraction of sp³-hybridized carbons (Fsp3) is 0.143. The second-order valence-electron chi connectivity index (χ2n) is 6.41. The molecule has 0 radical (unpaired) electrons. The number of aryl methyl sites for hydroxylation is 1. The number of pyridine rings is 1. The SMILES string of the molecule is Cc1ccc(SC(C)C(=O)Nc2ccc(S(=O)(=O)Nc3ccccn3)cc2)cc1. The molecule has 1 unspecified atom stereocenters. The smallest absolute Gasteiger partial charge is 0.263 e. The Hall–Kier alpha value is -2.84. The van der Waals surface area contributed by atoms with Crippen molar-refractivity contribution in [3.05, 3.63) is 78.5 Å². The van der Waals surface area contributed by atoms with Crippen molar-refractivity contribution in [3.63, 3.8) is 0 Å². The number of anilines is 2. The van der Waals surface area contributed by atoms with Crippen LogP contribution in [-0.4, -0.2) is 24.6 Å². The number of amides is 1. The van der Waals surface area contributed by atoms with Crippen LogP contribution in [0.2, 0.25) is 0 Å². The number of nitrogens with one attached hydrogen (secondary N) is 2. The molecule has 0 fully saturated rings. The normalized spacial score (nSPS) is 12.2. The van der Waals surface area contributed by atoms with Crippen LogP contribution in [0.4, 0.5) is 11.5 Å². The lowest BCUT2D eigenvalue weighted by atomic mass is 10.2. The molecule has 0 bridgehead atoms. The van der Waals surface area contributed by atoms with Crippen molar-refractivity contribution in [2.75, 3.05) is 10.0 Å². The molecular formula is C21H21N3O3S2. The van der Waals surface area contributed by atoms with Gasteiger partial charge < -0.3 is 5.32 Å². The second-order valence-corrected chi connectivity index (χ2v) is 9.50. The molecule has 0 aliphatic heterocycles. The summed E-state index contributed by atoms with van der Waals surface area (Å²) in [7, 11) is -3.75. The summed E-state index contributed by atoms with van der Waals surface area (Å²) in [5.41, 5.74) is 1.70. The number of benzene rings is 2. The Morgan fingerprint density at radius 3 is 2.31 bits per heavy atom. The molecule has 0 aliphatic rings. The monoisotopic (exact) mass is 427 g/mol. The van der Waals surface area contributed by atoms with Crippen LogP contribution in [0.25, 0.3) is 0 Å². The Balaban J connectivity index is 1.62. The lowest BCUT2D eigenvalue weighted by Gasteiger charge is -2.13. The van der Waals surface area contributed by atoms with Gasteiger partial charge in [0.1, 0.15) is 5.82 Å². The third-order valence-electron chi connectivity index (χ3n) is 4.04. The van der Waals surface area contributed by atoms with Gasteiger partial charge in [-0.2, -0.15) is 0 Å². The van der Waals surface area contributed by atoms with Gasteiger partial charge in [0.25, 0.3) is 10.0 Å². The molecule has 29 heavy (non-hydrogen) atoms. The van der Waals surface area contributed by atoms with Crippen LogP contribution in [0, 0.1) is 6.92 Å². The Labute approximate surface area is 174 Å². The first kappa shape index (κ1) is 20.9. The first-order valence-corrected chi connectivity index (χ1v) is 11.3. The van der Waals surface area contributed by atoms with Crippen LogP contribution in [0.3, 0.4) is 0 Å². The van der Waals surface area contributed by atoms with Crippen LogP contribution in [-0.2, 0) is 14.8 Å². The highest BCUT2D eigenvalue weighted by Crippen LogP contribution is 2.25. The van der Waals surface area contributed by atoms with Gasteiger partial charge in [0.05, 0.1) is 10.1 Å². The van der Waals surface area contributed by atoms with Gasteiger partial charge in [-0.25, -0.2) is 13.4 Å². The number of carbonyl (C=O) groups is 1. The van der Waals surface area contributed by atoms with Gasteiger partial charge in [0.2, 0.25) is 5.91 Å². The molecule has 3 aromatic rings. The Morgan fingerprint density at radius 1 is 1.00 bits per heavy atom. The van der Waals surface area contributed by atoms with E-state index in [-0.39, 0.29) is 21.9 Å². The molecule has 1 heterocycles. The molecule has 150 valence electrons. The van der Waals surface area contributed by atoms with Gasteiger partial charge in [-0.3, -0.25) is 9.52 Å². The summed E-state index contributed by atoms with van der Waals surface area (Å²) in [6.45, 7) is 3.84. The van der Waals surface area contributed by atoms with E-state index < -0.39 is 10.0 Å². The first-order chi connectivity index (χ1) is 13.8. The zero-order valence-electron chi connectivity index (χ0n) is 16.0. The van der Waals surface area contributed by atoms with E-state index in [1.54, 1.807) is 30.3 Å². The maximum absolute atomic E-state index is 12.4. The van der Waals surface area contributed by atoms with Crippen molar-refractivity contribution < 1.29 is 13.2 Å². The minimum atomic E-state index is -3.75. The summed E-state index contributed by atoms with van der Waals surface area (Å²) < 4.78 is 27.3. The van der Waals surface area contributed by atoms with Gasteiger partial charge in [0.15, 0.2) is 0 Å². The number of carbonyl (C=O) groups excluding carboxylic acids is 1. The topological polar surface area (TPSA) is 88.2 Å². The molecular weight excluding hydrogens is 406 g/mol. The third-order valence-corrected chi connectivity index (χ3v) is 6.52. The predicted molar refractivity (Wildman–Crippen MR) is 117 cm³/mol. The van der Waals surface area contributed by atoms with E-state index >= 15 is 0 Å². The third kappa shape index (κ3) is 5.82. The zero-order valence-corrected chi connectivity index (χ0v) is 17.6. The van der Waals surface area contributed by atoms with Crippen LogP contribution >= 0.6 is 11.8 Å². The van der Waals surface area contributed by atoms with Crippen molar-refractivity contribution in [2.45, 2.75) is 28.9 Å². The highest BCUT2D eigenvalue weighted by molar-refractivity contribution is 8.00. The van der Waals surface area contributed by atoms with Crippen molar-refractivity contribution >= 4 is 39.2 Å². The van der Waals surface area contributed by atoms with Crippen LogP contribution in [0.1, 0.15) is 12.5 Å². The maximum atomic E-state index is 12.4. The van der Waals surface area contributed by atoms with Gasteiger partial charge in [0, 0.05) is 16.8 Å². The molecule has 6 nitrogen and oxygen atoms in total. The van der Waals surface area contributed by atoms with E-state index in [0.29, 0.717) is 5.69 Å². The Kier molecular flexibility index (Phi) is 6.56. The molecule has 2 N–H and O–H groups in total. The van der Waals surface area contributed by atoms with Gasteiger partial charge >= 0.3 is 0 Å². The van der Waals surface area contributed by atoms with E-state index in [1.807, 2.05) is 38.1 Å². The van der Waals surface area contributed by atoms with Gasteiger partial charge in [-0.15, -0.1) is 11.8 Å². The number of hydrogen-bond acceptors (Lipinski definition) is 5. The summed E-state index contributed by atoms with van der Waals surface area (Å²) in [5.74, 6) is 0.0876. The highest BCUT2D eigenvalue weighted by Gasteiger charge is 2.17. The molecule has 1 atom stereocenters. The number of aromatic nitrogens is 1. The summed E-state index contributed by atoms with van der Waals surface area (Å²) >= 11 is 1.46. The quantitative estimate of drug-likeness (QED) is 0.549. The standard InChI is InChI=1S/C21H21N3O3S2/c1-15-6-10-18(11-7-15)28-16(2)21(25)23-17-8-12-19(13-9-17)29(26,27)24-20-5-3-4-14-22-20/h3-14,16H,1-2H3,(H,22,24)(H,23,25). The van der Waals surface area contributed by atoms with E-state index in [2.05, 4.69) is 15.0 Å². The van der Waals surface area contributed by atoms with Crippen molar-refractivity contribution in [2.24, 2.45) is 0 Å². The lowest BCUT2D eigenvalue weighted by molar-refractivity contribution is -0.115. The van der Waals surface area contributed by atoms with Crippen LogP contribution in [0.15, 0.2) is 82.7 Å². The Morgan fingerprint density at radius 2 is 1.69 bits per heavy atom. The summed E-state index contributed by atoms with van der Waals surface area (Å²) in [5, 5.41) is 2.52. The number of sulfonamides is 1. The fourth-order valence-electron chi connectivity index (χ4n) is 2.46. The van der Waals surface area contributed by atoms with Gasteiger partial charge in [-0.05, 0) is 62.4 Å². The summed E-state index contributed by atoms with van der Waals surface area (Å²) in [6.07, 6.45) is 1.51. The molecule has 3 rings (SSSR count). The zero-order chi connectivity index (χ0) is 20.9. The fourth-order valence-corrected chi connectivity index (χ4v) is 4.33. The van der Waals surface area contributed by atoms with Crippen LogP contribution < -0.4 is 10.0 Å². The number of hydrogen-bond donors (Lipinski definition) is 2. The second kappa shape index (κ2) is 9.11. The predicted octanol–water partition coefficient (Wildman–Crippen LogP) is 4.31. The molecule has 1 amide bonds. The average Bonchev–Trinajstić information content (AvgIpc) is 2.70. The molecule has 0 aliphatic carbocycles. The molecule has 2 aromatic carbocycles. The lowest BCUT2D eigenvalue weighted by Crippen LogP contribution is -2.22. The number of rotatable bonds is 7. The summed E-state index contributed by atoms with van der Waals surface area (Å²) in [6, 6.07) is 19.0. The largest absolute Gasteiger partial charge is 0.325 e. The number of nitrogens with zero attached hydrogens (tertiary/aromatic N) is 1. The number of thioether (sulfide) groups is 1. The molecule has 8 heteroatoms. The van der Waals surface area contributed by atoms with E-state index in [4.69, 9.17) is 0 Å². The minimum Gasteiger partial charge on any atom is -0.325 e. The molecule has 1 aromatic heterocycles. The molecule has 0 spiro atoms. The molecule has 0 saturated heterocycles. The van der Waals surface area contributed by atoms with Crippen molar-refractivity contribution in [1.82, 2.24) is 4.98 Å². The van der Waals surface area contributed by atoms with Gasteiger partial charge in [-0.1, -0.05) is 23.8 Å². The van der Waals surface area contributed by atoms with E-state index in [9.17, 15) is 13.2 Å². The first-order valence-electron chi connectivity index (χ1n) is 8.91. The van der Waals surface area contributed by atoms with Crippen molar-refractivity contribution in [1.29, 1.82) is 0 Å². The van der Waals surface area contributed by atoms with E-state index in [1.165, 1.54) is 35.7 Å². The maximum Gasteiger partial charge on any atom is 0.263 e. The van der Waals surface area contributed by atoms with Crippen LogP contribution in [0.5, 0.6) is 0 Å². The Bertz CT molecular complexity index is 1070.